The summed E-state index contributed by atoms with van der Waals surface area (Å²) in [5.41, 5.74) is 1.77. The van der Waals surface area contributed by atoms with E-state index >= 15 is 0 Å². The summed E-state index contributed by atoms with van der Waals surface area (Å²) in [6, 6.07) is 14.3. The topological polar surface area (TPSA) is 93.2 Å². The van der Waals surface area contributed by atoms with Crippen molar-refractivity contribution in [1.29, 1.82) is 0 Å². The second kappa shape index (κ2) is 8.96. The fourth-order valence-corrected chi connectivity index (χ4v) is 2.54. The second-order valence-corrected chi connectivity index (χ2v) is 6.17. The Labute approximate surface area is 166 Å². The molecule has 1 amide bonds. The van der Waals surface area contributed by atoms with E-state index in [4.69, 9.17) is 11.6 Å². The van der Waals surface area contributed by atoms with Crippen LogP contribution in [0.25, 0.3) is 0 Å². The average molecular weight is 397 g/mol. The van der Waals surface area contributed by atoms with Crippen molar-refractivity contribution >= 4 is 35.0 Å². The molecule has 28 heavy (non-hydrogen) atoms. The van der Waals surface area contributed by atoms with Gasteiger partial charge in [0.2, 0.25) is 0 Å². The Kier molecular flexibility index (Phi) is 6.18. The number of esters is 1. The molecule has 3 aromatic rings. The molecule has 0 saturated heterocycles. The van der Waals surface area contributed by atoms with Crippen LogP contribution in [0.2, 0.25) is 5.02 Å². The molecule has 0 radical (unpaired) electrons. The van der Waals surface area contributed by atoms with E-state index in [-0.39, 0.29) is 22.0 Å². The summed E-state index contributed by atoms with van der Waals surface area (Å²) in [7, 11) is 1.28. The maximum atomic E-state index is 12.4. The highest BCUT2D eigenvalue weighted by Gasteiger charge is 2.13. The molecule has 1 heterocycles. The van der Waals surface area contributed by atoms with Gasteiger partial charge in [0, 0.05) is 6.54 Å². The van der Waals surface area contributed by atoms with Crippen LogP contribution in [0.4, 0.5) is 11.5 Å². The standard InChI is InChI=1S/C20H17ClN4O3/c1-28-20(27)14-7-8-15(21)16(9-14)25-19(26)17-11-24-18(12-22-17)23-10-13-5-3-2-4-6-13/h2-9,11-12H,10H2,1H3,(H,23,24)(H,25,26). The monoisotopic (exact) mass is 396 g/mol. The molecule has 2 N–H and O–H groups in total. The Morgan fingerprint density at radius 1 is 1.07 bits per heavy atom. The van der Waals surface area contributed by atoms with Gasteiger partial charge >= 0.3 is 5.97 Å². The third kappa shape index (κ3) is 4.83. The Hall–Kier alpha value is -3.45. The highest BCUT2D eigenvalue weighted by Crippen LogP contribution is 2.24. The van der Waals surface area contributed by atoms with Crippen molar-refractivity contribution in [3.8, 4) is 0 Å². The molecule has 7 nitrogen and oxygen atoms in total. The Balaban J connectivity index is 1.65. The van der Waals surface area contributed by atoms with Crippen LogP contribution in [-0.2, 0) is 11.3 Å². The molecular formula is C20H17ClN4O3. The van der Waals surface area contributed by atoms with Gasteiger partial charge in [-0.3, -0.25) is 4.79 Å². The number of carbonyl (C=O) groups excluding carboxylic acids is 2. The number of carbonyl (C=O) groups is 2. The molecule has 0 bridgehead atoms. The third-order valence-corrected chi connectivity index (χ3v) is 4.17. The molecule has 0 saturated carbocycles. The lowest BCUT2D eigenvalue weighted by atomic mass is 10.2. The minimum atomic E-state index is -0.527. The van der Waals surface area contributed by atoms with Gasteiger partial charge in [0.15, 0.2) is 0 Å². The number of nitrogens with one attached hydrogen (secondary N) is 2. The van der Waals surface area contributed by atoms with Gasteiger partial charge in [-0.1, -0.05) is 41.9 Å². The van der Waals surface area contributed by atoms with Crippen LogP contribution in [0.15, 0.2) is 60.9 Å². The first-order valence-electron chi connectivity index (χ1n) is 8.36. The van der Waals surface area contributed by atoms with Crippen molar-refractivity contribution in [3.63, 3.8) is 0 Å². The summed E-state index contributed by atoms with van der Waals surface area (Å²) in [6.45, 7) is 0.594. The summed E-state index contributed by atoms with van der Waals surface area (Å²) in [4.78, 5) is 32.3. The number of nitrogens with zero attached hydrogens (tertiary/aromatic N) is 2. The average Bonchev–Trinajstić information content (AvgIpc) is 2.74. The predicted octanol–water partition coefficient (Wildman–Crippen LogP) is 3.78. The number of anilines is 2. The molecule has 0 spiro atoms. The Morgan fingerprint density at radius 2 is 1.86 bits per heavy atom. The van der Waals surface area contributed by atoms with E-state index in [0.29, 0.717) is 12.4 Å². The molecule has 0 atom stereocenters. The molecule has 3 rings (SSSR count). The summed E-state index contributed by atoms with van der Waals surface area (Å²) >= 11 is 6.09. The van der Waals surface area contributed by atoms with Crippen molar-refractivity contribution in [2.45, 2.75) is 6.54 Å². The van der Waals surface area contributed by atoms with E-state index in [2.05, 4.69) is 25.3 Å². The first-order valence-corrected chi connectivity index (χ1v) is 8.73. The van der Waals surface area contributed by atoms with Gasteiger partial charge in [-0.25, -0.2) is 14.8 Å². The van der Waals surface area contributed by atoms with Crippen LogP contribution in [0.1, 0.15) is 26.4 Å². The van der Waals surface area contributed by atoms with Crippen molar-refractivity contribution in [2.24, 2.45) is 0 Å². The maximum Gasteiger partial charge on any atom is 0.337 e. The van der Waals surface area contributed by atoms with Crippen LogP contribution >= 0.6 is 11.6 Å². The molecule has 1 aromatic heterocycles. The van der Waals surface area contributed by atoms with Gasteiger partial charge < -0.3 is 15.4 Å². The van der Waals surface area contributed by atoms with Crippen LogP contribution < -0.4 is 10.6 Å². The van der Waals surface area contributed by atoms with Gasteiger partial charge in [0.05, 0.1) is 35.8 Å². The number of rotatable bonds is 6. The maximum absolute atomic E-state index is 12.4. The quantitative estimate of drug-likeness (QED) is 0.616. The van der Waals surface area contributed by atoms with Gasteiger partial charge in [-0.2, -0.15) is 0 Å². The van der Waals surface area contributed by atoms with E-state index in [0.717, 1.165) is 5.56 Å². The number of methoxy groups -OCH3 is 1. The number of aromatic nitrogens is 2. The molecule has 0 aliphatic heterocycles. The summed E-state index contributed by atoms with van der Waals surface area (Å²) < 4.78 is 4.66. The van der Waals surface area contributed by atoms with Crippen molar-refractivity contribution in [1.82, 2.24) is 9.97 Å². The number of benzene rings is 2. The van der Waals surface area contributed by atoms with E-state index in [1.165, 1.54) is 37.7 Å². The molecule has 0 unspecified atom stereocenters. The minimum absolute atomic E-state index is 0.116. The van der Waals surface area contributed by atoms with Gasteiger partial charge in [-0.15, -0.1) is 0 Å². The number of halogens is 1. The molecule has 2 aromatic carbocycles. The fourth-order valence-electron chi connectivity index (χ4n) is 2.38. The van der Waals surface area contributed by atoms with Crippen LogP contribution in [0, 0.1) is 0 Å². The smallest absolute Gasteiger partial charge is 0.337 e. The lowest BCUT2D eigenvalue weighted by Crippen LogP contribution is -2.15. The Morgan fingerprint density at radius 3 is 2.54 bits per heavy atom. The Bertz CT molecular complexity index is 979. The van der Waals surface area contributed by atoms with E-state index < -0.39 is 11.9 Å². The van der Waals surface area contributed by atoms with Crippen molar-refractivity contribution < 1.29 is 14.3 Å². The number of hydrogen-bond donors (Lipinski definition) is 2. The van der Waals surface area contributed by atoms with Crippen LogP contribution in [-0.4, -0.2) is 29.0 Å². The highest BCUT2D eigenvalue weighted by atomic mass is 35.5. The molecule has 142 valence electrons. The molecule has 8 heteroatoms. The lowest BCUT2D eigenvalue weighted by molar-refractivity contribution is 0.0600. The van der Waals surface area contributed by atoms with Crippen LogP contribution in [0.5, 0.6) is 0 Å². The molecule has 0 aliphatic carbocycles. The third-order valence-electron chi connectivity index (χ3n) is 3.84. The molecular weight excluding hydrogens is 380 g/mol. The van der Waals surface area contributed by atoms with Crippen molar-refractivity contribution in [2.75, 3.05) is 17.7 Å². The minimum Gasteiger partial charge on any atom is -0.465 e. The zero-order valence-corrected chi connectivity index (χ0v) is 15.7. The number of amides is 1. The van der Waals surface area contributed by atoms with Gasteiger partial charge in [-0.05, 0) is 23.8 Å². The second-order valence-electron chi connectivity index (χ2n) is 5.77. The molecule has 0 aliphatic rings. The van der Waals surface area contributed by atoms with Crippen LogP contribution in [0.3, 0.4) is 0 Å². The largest absolute Gasteiger partial charge is 0.465 e. The first kappa shape index (κ1) is 19.3. The fraction of sp³-hybridized carbons (Fsp3) is 0.100. The van der Waals surface area contributed by atoms with E-state index in [1.54, 1.807) is 0 Å². The number of hydrogen-bond acceptors (Lipinski definition) is 6. The molecule has 0 fully saturated rings. The van der Waals surface area contributed by atoms with Gasteiger partial charge in [0.1, 0.15) is 11.5 Å². The van der Waals surface area contributed by atoms with E-state index in [1.807, 2.05) is 30.3 Å². The SMILES string of the molecule is COC(=O)c1ccc(Cl)c(NC(=O)c2cnc(NCc3ccccc3)cn2)c1. The highest BCUT2D eigenvalue weighted by molar-refractivity contribution is 6.34. The zero-order chi connectivity index (χ0) is 19.9. The van der Waals surface area contributed by atoms with Gasteiger partial charge in [0.25, 0.3) is 5.91 Å². The normalized spacial score (nSPS) is 10.2. The summed E-state index contributed by atoms with van der Waals surface area (Å²) in [5, 5.41) is 6.04. The summed E-state index contributed by atoms with van der Waals surface area (Å²) in [5.74, 6) is -0.474. The lowest BCUT2D eigenvalue weighted by Gasteiger charge is -2.09. The summed E-state index contributed by atoms with van der Waals surface area (Å²) in [6.07, 6.45) is 2.84. The number of ether oxygens (including phenoxy) is 1. The zero-order valence-electron chi connectivity index (χ0n) is 15.0. The van der Waals surface area contributed by atoms with Crippen molar-refractivity contribution in [3.05, 3.63) is 82.8 Å². The predicted molar refractivity (Wildman–Crippen MR) is 107 cm³/mol. The van der Waals surface area contributed by atoms with E-state index in [9.17, 15) is 9.59 Å². The first-order chi connectivity index (χ1) is 13.6.